The van der Waals surface area contributed by atoms with Gasteiger partial charge in [-0.15, -0.1) is 0 Å². The van der Waals surface area contributed by atoms with E-state index >= 15 is 0 Å². The van der Waals surface area contributed by atoms with Gasteiger partial charge in [0.05, 0.1) is 17.7 Å². The van der Waals surface area contributed by atoms with Crippen LogP contribution < -0.4 is 5.73 Å². The highest BCUT2D eigenvalue weighted by Gasteiger charge is 2.09. The molecule has 0 saturated carbocycles. The predicted octanol–water partition coefficient (Wildman–Crippen LogP) is 0.809. The smallest absolute Gasteiger partial charge is 0.0991 e. The summed E-state index contributed by atoms with van der Waals surface area (Å²) in [6.45, 7) is 1.67. The first-order valence-electron chi connectivity index (χ1n) is 4.56. The Morgan fingerprint density at radius 2 is 2.00 bits per heavy atom. The van der Waals surface area contributed by atoms with Crippen molar-refractivity contribution in [3.8, 4) is 6.07 Å². The average molecular weight is 190 g/mol. The van der Waals surface area contributed by atoms with Gasteiger partial charge in [-0.1, -0.05) is 12.1 Å². The van der Waals surface area contributed by atoms with Gasteiger partial charge in [-0.25, -0.2) is 0 Å². The van der Waals surface area contributed by atoms with Gasteiger partial charge in [-0.3, -0.25) is 0 Å². The van der Waals surface area contributed by atoms with Crippen molar-refractivity contribution < 1.29 is 5.11 Å². The normalized spacial score (nSPS) is 14.4. The number of benzene rings is 1. The summed E-state index contributed by atoms with van der Waals surface area (Å²) in [5.74, 6) is 0. The number of nitrogens with two attached hydrogens (primary N) is 1. The van der Waals surface area contributed by atoms with Crippen LogP contribution in [0.1, 0.15) is 18.1 Å². The second-order valence-corrected chi connectivity index (χ2v) is 3.42. The van der Waals surface area contributed by atoms with Gasteiger partial charge in [0.25, 0.3) is 0 Å². The minimum Gasteiger partial charge on any atom is -0.392 e. The van der Waals surface area contributed by atoms with Crippen molar-refractivity contribution in [3.05, 3.63) is 35.4 Å². The molecule has 0 saturated heterocycles. The second-order valence-electron chi connectivity index (χ2n) is 3.42. The van der Waals surface area contributed by atoms with E-state index in [1.807, 2.05) is 18.2 Å². The van der Waals surface area contributed by atoms with Crippen molar-refractivity contribution in [1.82, 2.24) is 0 Å². The van der Waals surface area contributed by atoms with Crippen molar-refractivity contribution in [1.29, 1.82) is 5.26 Å². The van der Waals surface area contributed by atoms with E-state index in [0.29, 0.717) is 12.0 Å². The monoisotopic (exact) mass is 190 g/mol. The lowest BCUT2D eigenvalue weighted by Gasteiger charge is -2.14. The molecule has 0 aromatic heterocycles. The Labute approximate surface area is 83.8 Å². The Morgan fingerprint density at radius 1 is 1.43 bits per heavy atom. The van der Waals surface area contributed by atoms with Crippen LogP contribution in [0.4, 0.5) is 0 Å². The first-order valence-corrected chi connectivity index (χ1v) is 4.56. The van der Waals surface area contributed by atoms with E-state index in [9.17, 15) is 5.11 Å². The molecule has 0 aliphatic rings. The van der Waals surface area contributed by atoms with Crippen LogP contribution in [0.25, 0.3) is 0 Å². The molecule has 0 amide bonds. The summed E-state index contributed by atoms with van der Waals surface area (Å²) in [6, 6.07) is 9.03. The molecule has 0 heterocycles. The average Bonchev–Trinajstić information content (AvgIpc) is 2.19. The van der Waals surface area contributed by atoms with E-state index in [4.69, 9.17) is 11.0 Å². The predicted molar refractivity (Wildman–Crippen MR) is 54.5 cm³/mol. The Morgan fingerprint density at radius 3 is 2.43 bits per heavy atom. The van der Waals surface area contributed by atoms with Gasteiger partial charge in [0.1, 0.15) is 0 Å². The molecule has 3 nitrogen and oxygen atoms in total. The summed E-state index contributed by atoms with van der Waals surface area (Å²) in [7, 11) is 0. The minimum atomic E-state index is -0.509. The number of hydrogen-bond donors (Lipinski definition) is 2. The molecule has 0 fully saturated rings. The van der Waals surface area contributed by atoms with E-state index in [-0.39, 0.29) is 6.04 Å². The van der Waals surface area contributed by atoms with Gasteiger partial charge < -0.3 is 10.8 Å². The van der Waals surface area contributed by atoms with E-state index in [1.54, 1.807) is 19.1 Å². The molecule has 0 aliphatic heterocycles. The maximum Gasteiger partial charge on any atom is 0.0991 e. The molecule has 74 valence electrons. The summed E-state index contributed by atoms with van der Waals surface area (Å²) < 4.78 is 0. The van der Waals surface area contributed by atoms with Crippen LogP contribution in [0, 0.1) is 11.3 Å². The molecule has 1 aromatic rings. The number of nitriles is 1. The third kappa shape index (κ3) is 2.84. The number of aliphatic hydroxyl groups excluding tert-OH is 1. The molecule has 2 atom stereocenters. The van der Waals surface area contributed by atoms with Crippen LogP contribution in [0.3, 0.4) is 0 Å². The van der Waals surface area contributed by atoms with E-state index in [0.717, 1.165) is 5.56 Å². The topological polar surface area (TPSA) is 70.0 Å². The van der Waals surface area contributed by atoms with Gasteiger partial charge >= 0.3 is 0 Å². The highest BCUT2D eigenvalue weighted by atomic mass is 16.3. The van der Waals surface area contributed by atoms with Crippen LogP contribution in [0.15, 0.2) is 24.3 Å². The summed E-state index contributed by atoms with van der Waals surface area (Å²) in [5, 5.41) is 17.8. The molecule has 0 aliphatic carbocycles. The standard InChI is InChI=1S/C11H14N2O/c1-8(14)11(13)6-9-2-4-10(7-12)5-3-9/h2-5,8,11,14H,6,13H2,1H3. The van der Waals surface area contributed by atoms with Crippen molar-refractivity contribution in [2.45, 2.75) is 25.5 Å². The third-order valence-electron chi connectivity index (χ3n) is 2.17. The maximum atomic E-state index is 9.21. The van der Waals surface area contributed by atoms with E-state index < -0.39 is 6.10 Å². The zero-order valence-electron chi connectivity index (χ0n) is 8.14. The second kappa shape index (κ2) is 4.75. The molecule has 3 N–H and O–H groups in total. The van der Waals surface area contributed by atoms with Crippen molar-refractivity contribution in [2.75, 3.05) is 0 Å². The molecule has 1 rings (SSSR count). The van der Waals surface area contributed by atoms with E-state index in [1.165, 1.54) is 0 Å². The van der Waals surface area contributed by atoms with Crippen molar-refractivity contribution in [2.24, 2.45) is 5.73 Å². The molecule has 0 spiro atoms. The highest BCUT2D eigenvalue weighted by Crippen LogP contribution is 2.06. The molecule has 1 aromatic carbocycles. The van der Waals surface area contributed by atoms with Gasteiger partial charge in [-0.2, -0.15) is 5.26 Å². The zero-order valence-corrected chi connectivity index (χ0v) is 8.14. The number of rotatable bonds is 3. The fourth-order valence-electron chi connectivity index (χ4n) is 1.16. The molecule has 3 heteroatoms. The highest BCUT2D eigenvalue weighted by molar-refractivity contribution is 5.31. The molecular formula is C11H14N2O. The fourth-order valence-corrected chi connectivity index (χ4v) is 1.16. The van der Waals surface area contributed by atoms with Crippen LogP contribution in [-0.4, -0.2) is 17.3 Å². The Kier molecular flexibility index (Phi) is 3.63. The number of aliphatic hydroxyl groups is 1. The van der Waals surface area contributed by atoms with Gasteiger partial charge in [0.2, 0.25) is 0 Å². The zero-order chi connectivity index (χ0) is 10.6. The Hall–Kier alpha value is -1.37. The maximum absolute atomic E-state index is 9.21. The van der Waals surface area contributed by atoms with Crippen molar-refractivity contribution in [3.63, 3.8) is 0 Å². The lowest BCUT2D eigenvalue weighted by Crippen LogP contribution is -2.34. The molecule has 0 bridgehead atoms. The summed E-state index contributed by atoms with van der Waals surface area (Å²) in [6.07, 6.45) is 0.120. The molecule has 2 unspecified atom stereocenters. The van der Waals surface area contributed by atoms with Gasteiger partial charge in [0, 0.05) is 6.04 Å². The quantitative estimate of drug-likeness (QED) is 0.741. The Bertz CT molecular complexity index is 324. The first kappa shape index (κ1) is 10.7. The van der Waals surface area contributed by atoms with Gasteiger partial charge in [0.15, 0.2) is 0 Å². The summed E-state index contributed by atoms with van der Waals surface area (Å²) in [5.41, 5.74) is 7.38. The first-order chi connectivity index (χ1) is 6.63. The van der Waals surface area contributed by atoms with E-state index in [2.05, 4.69) is 0 Å². The third-order valence-corrected chi connectivity index (χ3v) is 2.17. The van der Waals surface area contributed by atoms with Crippen molar-refractivity contribution >= 4 is 0 Å². The molecule has 0 radical (unpaired) electrons. The summed E-state index contributed by atoms with van der Waals surface area (Å²) in [4.78, 5) is 0. The van der Waals surface area contributed by atoms with Crippen LogP contribution in [-0.2, 0) is 6.42 Å². The molecular weight excluding hydrogens is 176 g/mol. The fraction of sp³-hybridized carbons (Fsp3) is 0.364. The minimum absolute atomic E-state index is 0.247. The van der Waals surface area contributed by atoms with Crippen LogP contribution >= 0.6 is 0 Å². The summed E-state index contributed by atoms with van der Waals surface area (Å²) >= 11 is 0. The lowest BCUT2D eigenvalue weighted by molar-refractivity contribution is 0.163. The molecule has 14 heavy (non-hydrogen) atoms. The SMILES string of the molecule is CC(O)C(N)Cc1ccc(C#N)cc1. The Balaban J connectivity index is 2.65. The van der Waals surface area contributed by atoms with Crippen LogP contribution in [0.5, 0.6) is 0 Å². The largest absolute Gasteiger partial charge is 0.392 e. The van der Waals surface area contributed by atoms with Gasteiger partial charge in [-0.05, 0) is 31.0 Å². The van der Waals surface area contributed by atoms with Crippen LogP contribution in [0.2, 0.25) is 0 Å². The number of nitrogens with zero attached hydrogens (tertiary/aromatic N) is 1. The lowest BCUT2D eigenvalue weighted by atomic mass is 10.0. The number of hydrogen-bond acceptors (Lipinski definition) is 3.